The number of hydrogen-bond donors (Lipinski definition) is 0. The first-order chi connectivity index (χ1) is 8.45. The Kier molecular flexibility index (Phi) is 5.59. The minimum atomic E-state index is -0.125. The van der Waals surface area contributed by atoms with Crippen molar-refractivity contribution in [3.05, 3.63) is 0 Å². The van der Waals surface area contributed by atoms with E-state index >= 15 is 0 Å². The van der Waals surface area contributed by atoms with E-state index in [2.05, 4.69) is 4.90 Å². The Hall–Kier alpha value is -1.10. The molecule has 0 unspecified atom stereocenters. The molecule has 104 valence electrons. The second kappa shape index (κ2) is 6.73. The molecular weight excluding hydrogens is 232 g/mol. The maximum Gasteiger partial charge on any atom is 0.308 e. The van der Waals surface area contributed by atoms with Crippen molar-refractivity contribution < 1.29 is 14.3 Å². The third-order valence-corrected chi connectivity index (χ3v) is 3.65. The Balaban J connectivity index is 2.36. The molecule has 1 amide bonds. The Bertz CT molecular complexity index is 297. The normalized spacial score (nSPS) is 17.8. The van der Waals surface area contributed by atoms with Gasteiger partial charge in [0.25, 0.3) is 0 Å². The van der Waals surface area contributed by atoms with Crippen LogP contribution < -0.4 is 0 Å². The molecule has 0 aromatic carbocycles. The number of ether oxygens (including phenoxy) is 1. The van der Waals surface area contributed by atoms with Crippen molar-refractivity contribution in [2.75, 3.05) is 33.8 Å². The predicted octanol–water partition coefficient (Wildman–Crippen LogP) is 0.738. The summed E-state index contributed by atoms with van der Waals surface area (Å²) in [7, 11) is 3.25. The first-order valence-electron chi connectivity index (χ1n) is 6.51. The Morgan fingerprint density at radius 2 is 1.89 bits per heavy atom. The number of esters is 1. The quantitative estimate of drug-likeness (QED) is 0.696. The van der Waals surface area contributed by atoms with Gasteiger partial charge in [-0.3, -0.25) is 14.5 Å². The van der Waals surface area contributed by atoms with Crippen LogP contribution in [0.2, 0.25) is 0 Å². The molecule has 0 aromatic heterocycles. The van der Waals surface area contributed by atoms with Gasteiger partial charge in [-0.2, -0.15) is 0 Å². The molecule has 5 heteroatoms. The fourth-order valence-electron chi connectivity index (χ4n) is 2.08. The van der Waals surface area contributed by atoms with Gasteiger partial charge in [-0.25, -0.2) is 0 Å². The topological polar surface area (TPSA) is 49.9 Å². The standard InChI is InChI=1S/C13H24N2O3/c1-10(2)14(3)12(16)9-15-7-5-11(6-8-15)13(17)18-4/h10-11H,5-9H2,1-4H3. The molecule has 0 spiro atoms. The monoisotopic (exact) mass is 256 g/mol. The van der Waals surface area contributed by atoms with Crippen molar-refractivity contribution in [3.8, 4) is 0 Å². The summed E-state index contributed by atoms with van der Waals surface area (Å²) < 4.78 is 4.74. The molecule has 1 aliphatic rings. The van der Waals surface area contributed by atoms with Crippen LogP contribution in [0.1, 0.15) is 26.7 Å². The summed E-state index contributed by atoms with van der Waals surface area (Å²) in [6.07, 6.45) is 1.57. The molecule has 5 nitrogen and oxygen atoms in total. The zero-order valence-corrected chi connectivity index (χ0v) is 11.8. The number of hydrogen-bond acceptors (Lipinski definition) is 4. The van der Waals surface area contributed by atoms with Crippen LogP contribution in [0.3, 0.4) is 0 Å². The highest BCUT2D eigenvalue weighted by molar-refractivity contribution is 5.78. The van der Waals surface area contributed by atoms with Gasteiger partial charge in [-0.1, -0.05) is 0 Å². The molecule has 0 atom stereocenters. The summed E-state index contributed by atoms with van der Waals surface area (Å²) in [4.78, 5) is 27.2. The fraction of sp³-hybridized carbons (Fsp3) is 0.846. The lowest BCUT2D eigenvalue weighted by Gasteiger charge is -2.32. The van der Waals surface area contributed by atoms with Crippen molar-refractivity contribution in [3.63, 3.8) is 0 Å². The molecule has 1 heterocycles. The number of likely N-dealkylation sites (N-methyl/N-ethyl adjacent to an activating group) is 1. The first kappa shape index (κ1) is 15.0. The second-order valence-electron chi connectivity index (χ2n) is 5.17. The molecule has 0 saturated carbocycles. The third-order valence-electron chi connectivity index (χ3n) is 3.65. The van der Waals surface area contributed by atoms with E-state index in [4.69, 9.17) is 4.74 Å². The van der Waals surface area contributed by atoms with Crippen molar-refractivity contribution in [2.24, 2.45) is 5.92 Å². The van der Waals surface area contributed by atoms with E-state index in [0.29, 0.717) is 6.54 Å². The molecule has 1 saturated heterocycles. The van der Waals surface area contributed by atoms with Gasteiger partial charge < -0.3 is 9.64 Å². The minimum Gasteiger partial charge on any atom is -0.469 e. The molecule has 0 radical (unpaired) electrons. The van der Waals surface area contributed by atoms with Crippen molar-refractivity contribution in [2.45, 2.75) is 32.7 Å². The maximum absolute atomic E-state index is 11.9. The number of amides is 1. The van der Waals surface area contributed by atoms with Crippen molar-refractivity contribution in [1.29, 1.82) is 0 Å². The molecule has 0 N–H and O–H groups in total. The van der Waals surface area contributed by atoms with E-state index in [-0.39, 0.29) is 23.8 Å². The van der Waals surface area contributed by atoms with Gasteiger partial charge in [0.1, 0.15) is 0 Å². The molecule has 1 rings (SSSR count). The van der Waals surface area contributed by atoms with Crippen molar-refractivity contribution >= 4 is 11.9 Å². The molecule has 0 bridgehead atoms. The smallest absolute Gasteiger partial charge is 0.308 e. The summed E-state index contributed by atoms with van der Waals surface area (Å²) in [5.74, 6) is 0.0194. The lowest BCUT2D eigenvalue weighted by Crippen LogP contribution is -2.45. The van der Waals surface area contributed by atoms with Gasteiger partial charge in [0.15, 0.2) is 0 Å². The van der Waals surface area contributed by atoms with Crippen LogP contribution in [0.4, 0.5) is 0 Å². The number of piperidine rings is 1. The zero-order valence-electron chi connectivity index (χ0n) is 11.8. The average molecular weight is 256 g/mol. The number of methoxy groups -OCH3 is 1. The highest BCUT2D eigenvalue weighted by atomic mass is 16.5. The van der Waals surface area contributed by atoms with E-state index in [9.17, 15) is 9.59 Å². The summed E-state index contributed by atoms with van der Waals surface area (Å²) >= 11 is 0. The van der Waals surface area contributed by atoms with E-state index in [1.165, 1.54) is 7.11 Å². The van der Waals surface area contributed by atoms with Gasteiger partial charge in [0.2, 0.25) is 5.91 Å². The van der Waals surface area contributed by atoms with Gasteiger partial charge in [0, 0.05) is 13.1 Å². The maximum atomic E-state index is 11.9. The Morgan fingerprint density at radius 1 is 1.33 bits per heavy atom. The van der Waals surface area contributed by atoms with Crippen LogP contribution in [0.5, 0.6) is 0 Å². The minimum absolute atomic E-state index is 0.00387. The van der Waals surface area contributed by atoms with Gasteiger partial charge in [-0.05, 0) is 39.8 Å². The second-order valence-corrected chi connectivity index (χ2v) is 5.17. The van der Waals surface area contributed by atoms with E-state index in [0.717, 1.165) is 25.9 Å². The van der Waals surface area contributed by atoms with Crippen molar-refractivity contribution in [1.82, 2.24) is 9.80 Å². The lowest BCUT2D eigenvalue weighted by molar-refractivity contribution is -0.147. The summed E-state index contributed by atoms with van der Waals surface area (Å²) in [6, 6.07) is 0.227. The van der Waals surface area contributed by atoms with Gasteiger partial charge >= 0.3 is 5.97 Å². The average Bonchev–Trinajstić information content (AvgIpc) is 2.37. The number of carbonyl (C=O) groups excluding carboxylic acids is 2. The van der Waals surface area contributed by atoms with Crippen LogP contribution in [0.15, 0.2) is 0 Å². The van der Waals surface area contributed by atoms with Crippen LogP contribution in [0, 0.1) is 5.92 Å². The largest absolute Gasteiger partial charge is 0.469 e. The highest BCUT2D eigenvalue weighted by Gasteiger charge is 2.27. The molecular formula is C13H24N2O3. The number of rotatable bonds is 4. The predicted molar refractivity (Wildman–Crippen MR) is 69.1 cm³/mol. The Labute approximate surface area is 109 Å². The summed E-state index contributed by atoms with van der Waals surface area (Å²) in [5, 5.41) is 0. The first-order valence-corrected chi connectivity index (χ1v) is 6.51. The fourth-order valence-corrected chi connectivity index (χ4v) is 2.08. The van der Waals surface area contributed by atoms with Crippen LogP contribution in [0.25, 0.3) is 0 Å². The van der Waals surface area contributed by atoms with Gasteiger partial charge in [-0.15, -0.1) is 0 Å². The lowest BCUT2D eigenvalue weighted by atomic mass is 9.97. The summed E-state index contributed by atoms with van der Waals surface area (Å²) in [5.41, 5.74) is 0. The molecule has 1 fully saturated rings. The third kappa shape index (κ3) is 3.98. The molecule has 18 heavy (non-hydrogen) atoms. The highest BCUT2D eigenvalue weighted by Crippen LogP contribution is 2.18. The summed E-state index contributed by atoms with van der Waals surface area (Å²) in [6.45, 7) is 6.03. The molecule has 1 aliphatic heterocycles. The number of carbonyl (C=O) groups is 2. The Morgan fingerprint density at radius 3 is 2.33 bits per heavy atom. The van der Waals surface area contributed by atoms with E-state index < -0.39 is 0 Å². The number of nitrogens with zero attached hydrogens (tertiary/aromatic N) is 2. The van der Waals surface area contributed by atoms with Gasteiger partial charge in [0.05, 0.1) is 19.6 Å². The molecule has 0 aliphatic carbocycles. The van der Waals surface area contributed by atoms with E-state index in [1.807, 2.05) is 20.9 Å². The van der Waals surface area contributed by atoms with Crippen LogP contribution >= 0.6 is 0 Å². The number of likely N-dealkylation sites (tertiary alicyclic amines) is 1. The van der Waals surface area contributed by atoms with Crippen LogP contribution in [-0.2, 0) is 14.3 Å². The SMILES string of the molecule is COC(=O)C1CCN(CC(=O)N(C)C(C)C)CC1. The van der Waals surface area contributed by atoms with E-state index in [1.54, 1.807) is 4.90 Å². The van der Waals surface area contributed by atoms with Crippen LogP contribution in [-0.4, -0.2) is 61.5 Å². The molecule has 0 aromatic rings. The zero-order chi connectivity index (χ0) is 13.7.